The minimum atomic E-state index is -3.51. The lowest BCUT2D eigenvalue weighted by molar-refractivity contribution is 0.282. The van der Waals surface area contributed by atoms with Gasteiger partial charge in [0.05, 0.1) is 11.5 Å². The van der Waals surface area contributed by atoms with Crippen molar-refractivity contribution in [3.05, 3.63) is 16.3 Å². The highest BCUT2D eigenvalue weighted by Gasteiger charge is 2.37. The summed E-state index contributed by atoms with van der Waals surface area (Å²) in [5.74, 6) is 0. The van der Waals surface area contributed by atoms with Gasteiger partial charge in [0.2, 0.25) is 10.0 Å². The van der Waals surface area contributed by atoms with Crippen LogP contribution in [-0.4, -0.2) is 19.6 Å². The molecular formula is C12H19NO3S2. The molecule has 2 N–H and O–H groups in total. The number of thiophene rings is 1. The number of nitrogens with one attached hydrogen (secondary N) is 1. The van der Waals surface area contributed by atoms with Crippen molar-refractivity contribution in [2.24, 2.45) is 5.41 Å². The molecule has 4 nitrogen and oxygen atoms in total. The molecule has 2 rings (SSSR count). The molecule has 0 amide bonds. The van der Waals surface area contributed by atoms with Crippen molar-refractivity contribution < 1.29 is 13.5 Å². The molecule has 0 aromatic carbocycles. The van der Waals surface area contributed by atoms with Gasteiger partial charge in [0.25, 0.3) is 0 Å². The second-order valence-corrected chi connectivity index (χ2v) is 8.10. The van der Waals surface area contributed by atoms with E-state index in [1.165, 1.54) is 11.3 Å². The highest BCUT2D eigenvalue weighted by atomic mass is 32.2. The average molecular weight is 289 g/mol. The third kappa shape index (κ3) is 2.61. The van der Waals surface area contributed by atoms with E-state index in [-0.39, 0.29) is 23.0 Å². The number of aliphatic hydroxyl groups excluding tert-OH is 1. The molecule has 1 heterocycles. The fraction of sp³-hybridized carbons (Fsp3) is 0.667. The van der Waals surface area contributed by atoms with E-state index in [2.05, 4.69) is 18.6 Å². The summed E-state index contributed by atoms with van der Waals surface area (Å²) in [6.07, 6.45) is 2.97. The summed E-state index contributed by atoms with van der Waals surface area (Å²) in [6.45, 7) is 3.95. The van der Waals surface area contributed by atoms with Crippen molar-refractivity contribution in [3.63, 3.8) is 0 Å². The molecule has 6 heteroatoms. The van der Waals surface area contributed by atoms with Gasteiger partial charge in [0.15, 0.2) is 0 Å². The average Bonchev–Trinajstić information content (AvgIpc) is 2.86. The number of rotatable bonds is 4. The summed E-state index contributed by atoms with van der Waals surface area (Å²) >= 11 is 1.27. The molecule has 1 aromatic heterocycles. The first-order valence-corrected chi connectivity index (χ1v) is 8.43. The Morgan fingerprint density at radius 2 is 2.28 bits per heavy atom. The van der Waals surface area contributed by atoms with Crippen LogP contribution in [0.3, 0.4) is 0 Å². The van der Waals surface area contributed by atoms with E-state index >= 15 is 0 Å². The maximum atomic E-state index is 12.3. The molecular weight excluding hydrogens is 270 g/mol. The standard InChI is InChI=1S/C12H19NO3S2/c1-12(2)6-3-4-11(12)13-18(15,16)10-5-7-17-9(10)8-14/h5,7,11,13-14H,3-4,6,8H2,1-2H3. The van der Waals surface area contributed by atoms with E-state index < -0.39 is 10.0 Å². The minimum absolute atomic E-state index is 0.00245. The molecule has 1 unspecified atom stereocenters. The highest BCUT2D eigenvalue weighted by Crippen LogP contribution is 2.38. The Balaban J connectivity index is 2.23. The number of hydrogen-bond acceptors (Lipinski definition) is 4. The van der Waals surface area contributed by atoms with Gasteiger partial charge in [-0.05, 0) is 29.7 Å². The SMILES string of the molecule is CC1(C)CCCC1NS(=O)(=O)c1ccsc1CO. The third-order valence-corrected chi connectivity index (χ3v) is 6.28. The van der Waals surface area contributed by atoms with E-state index in [0.29, 0.717) is 4.88 Å². The largest absolute Gasteiger partial charge is 0.391 e. The molecule has 18 heavy (non-hydrogen) atoms. The molecule has 1 saturated carbocycles. The Labute approximate surface area is 112 Å². The van der Waals surface area contributed by atoms with Gasteiger partial charge in [0.1, 0.15) is 0 Å². The van der Waals surface area contributed by atoms with Crippen molar-refractivity contribution in [1.29, 1.82) is 0 Å². The number of sulfonamides is 1. The van der Waals surface area contributed by atoms with Crippen LogP contribution in [0, 0.1) is 5.41 Å². The molecule has 0 aliphatic heterocycles. The van der Waals surface area contributed by atoms with Gasteiger partial charge < -0.3 is 5.11 Å². The Bertz CT molecular complexity index is 519. The van der Waals surface area contributed by atoms with Crippen LogP contribution in [0.5, 0.6) is 0 Å². The van der Waals surface area contributed by atoms with Gasteiger partial charge >= 0.3 is 0 Å². The van der Waals surface area contributed by atoms with Crippen LogP contribution >= 0.6 is 11.3 Å². The lowest BCUT2D eigenvalue weighted by Gasteiger charge is -2.27. The van der Waals surface area contributed by atoms with Crippen LogP contribution in [0.1, 0.15) is 38.0 Å². The summed E-state index contributed by atoms with van der Waals surface area (Å²) in [7, 11) is -3.51. The normalized spacial score (nSPS) is 23.4. The van der Waals surface area contributed by atoms with Crippen molar-refractivity contribution in [1.82, 2.24) is 4.72 Å². The quantitative estimate of drug-likeness (QED) is 0.892. The van der Waals surface area contributed by atoms with Crippen LogP contribution in [0.25, 0.3) is 0 Å². The fourth-order valence-electron chi connectivity index (χ4n) is 2.48. The predicted octanol–water partition coefficient (Wildman–Crippen LogP) is 2.10. The second-order valence-electron chi connectivity index (χ2n) is 5.42. The molecule has 1 atom stereocenters. The monoisotopic (exact) mass is 289 g/mol. The predicted molar refractivity (Wildman–Crippen MR) is 72.0 cm³/mol. The zero-order chi connectivity index (χ0) is 13.4. The van der Waals surface area contributed by atoms with Crippen molar-refractivity contribution in [3.8, 4) is 0 Å². The first-order chi connectivity index (χ1) is 8.37. The number of hydrogen-bond donors (Lipinski definition) is 2. The highest BCUT2D eigenvalue weighted by molar-refractivity contribution is 7.89. The molecule has 1 fully saturated rings. The smallest absolute Gasteiger partial charge is 0.242 e. The Hall–Kier alpha value is -0.430. The van der Waals surface area contributed by atoms with Crippen LogP contribution in [0.2, 0.25) is 0 Å². The fourth-order valence-corrected chi connectivity index (χ4v) is 5.22. The number of aliphatic hydroxyl groups is 1. The lowest BCUT2D eigenvalue weighted by Crippen LogP contribution is -2.41. The van der Waals surface area contributed by atoms with Gasteiger partial charge in [-0.3, -0.25) is 0 Å². The van der Waals surface area contributed by atoms with Crippen molar-refractivity contribution in [2.45, 2.75) is 50.7 Å². The first-order valence-electron chi connectivity index (χ1n) is 6.06. The van der Waals surface area contributed by atoms with Crippen LogP contribution in [0.4, 0.5) is 0 Å². The zero-order valence-electron chi connectivity index (χ0n) is 10.6. The first kappa shape index (κ1) is 14.0. The van der Waals surface area contributed by atoms with Crippen molar-refractivity contribution >= 4 is 21.4 Å². The zero-order valence-corrected chi connectivity index (χ0v) is 12.3. The van der Waals surface area contributed by atoms with Gasteiger partial charge in [-0.2, -0.15) is 0 Å². The second kappa shape index (κ2) is 4.92. The maximum Gasteiger partial charge on any atom is 0.242 e. The topological polar surface area (TPSA) is 66.4 Å². The van der Waals surface area contributed by atoms with Gasteiger partial charge in [-0.1, -0.05) is 20.3 Å². The minimum Gasteiger partial charge on any atom is -0.391 e. The molecule has 1 aliphatic carbocycles. The summed E-state index contributed by atoms with van der Waals surface area (Å²) < 4.78 is 27.4. The third-order valence-electron chi connectivity index (χ3n) is 3.69. The van der Waals surface area contributed by atoms with Gasteiger partial charge in [-0.25, -0.2) is 13.1 Å². The molecule has 0 bridgehead atoms. The molecule has 0 radical (unpaired) electrons. The lowest BCUT2D eigenvalue weighted by atomic mass is 9.88. The summed E-state index contributed by atoms with van der Waals surface area (Å²) in [5, 5.41) is 10.8. The van der Waals surface area contributed by atoms with E-state index in [9.17, 15) is 8.42 Å². The molecule has 0 saturated heterocycles. The summed E-state index contributed by atoms with van der Waals surface area (Å²) in [6, 6.07) is 1.54. The summed E-state index contributed by atoms with van der Waals surface area (Å²) in [4.78, 5) is 0.719. The van der Waals surface area contributed by atoms with E-state index in [1.807, 2.05) is 0 Å². The van der Waals surface area contributed by atoms with E-state index in [4.69, 9.17) is 5.11 Å². The van der Waals surface area contributed by atoms with Crippen LogP contribution in [0.15, 0.2) is 16.3 Å². The Kier molecular flexibility index (Phi) is 3.82. The summed E-state index contributed by atoms with van der Waals surface area (Å²) in [5.41, 5.74) is 0.00245. The van der Waals surface area contributed by atoms with Gasteiger partial charge in [-0.15, -0.1) is 11.3 Å². The van der Waals surface area contributed by atoms with Gasteiger partial charge in [0, 0.05) is 10.9 Å². The molecule has 1 aromatic rings. The van der Waals surface area contributed by atoms with E-state index in [1.54, 1.807) is 11.4 Å². The Morgan fingerprint density at radius 1 is 1.56 bits per heavy atom. The van der Waals surface area contributed by atoms with Crippen LogP contribution in [-0.2, 0) is 16.6 Å². The maximum absolute atomic E-state index is 12.3. The van der Waals surface area contributed by atoms with Crippen molar-refractivity contribution in [2.75, 3.05) is 0 Å². The molecule has 0 spiro atoms. The van der Waals surface area contributed by atoms with Crippen LogP contribution < -0.4 is 4.72 Å². The Morgan fingerprint density at radius 3 is 2.83 bits per heavy atom. The molecule has 102 valence electrons. The van der Waals surface area contributed by atoms with E-state index in [0.717, 1.165) is 19.3 Å². The molecule has 1 aliphatic rings.